The van der Waals surface area contributed by atoms with Gasteiger partial charge < -0.3 is 29.6 Å². The summed E-state index contributed by atoms with van der Waals surface area (Å²) in [7, 11) is 6.42. The molecule has 0 unspecified atom stereocenters. The molecule has 170 valence electrons. The Morgan fingerprint density at radius 2 is 1.69 bits per heavy atom. The average molecular weight is 458 g/mol. The molecule has 0 aliphatic carbocycles. The van der Waals surface area contributed by atoms with Crippen molar-refractivity contribution in [3.63, 3.8) is 0 Å². The second kappa shape index (κ2) is 11.2. The molecule has 1 heterocycles. The summed E-state index contributed by atoms with van der Waals surface area (Å²) in [4.78, 5) is 16.8. The van der Waals surface area contributed by atoms with Crippen LogP contribution < -0.4 is 29.6 Å². The minimum Gasteiger partial charge on any atom is -0.497 e. The number of nitrogens with zero attached hydrogens (tertiary/aromatic N) is 1. The Hall–Kier alpha value is -3.46. The first-order chi connectivity index (χ1) is 15.6. The molecule has 0 aliphatic rings. The Morgan fingerprint density at radius 1 is 0.938 bits per heavy atom. The predicted molar refractivity (Wildman–Crippen MR) is 125 cm³/mol. The molecular weight excluding hydrogens is 430 g/mol. The van der Waals surface area contributed by atoms with Crippen molar-refractivity contribution >= 4 is 28.1 Å². The summed E-state index contributed by atoms with van der Waals surface area (Å²) in [5.41, 5.74) is 2.49. The van der Waals surface area contributed by atoms with Crippen LogP contribution in [0.1, 0.15) is 11.3 Å². The van der Waals surface area contributed by atoms with Crippen LogP contribution in [0.3, 0.4) is 0 Å². The van der Waals surface area contributed by atoms with E-state index in [1.807, 2.05) is 41.8 Å². The lowest BCUT2D eigenvalue weighted by atomic mass is 10.1. The number of aromatic nitrogens is 1. The molecule has 2 aromatic carbocycles. The summed E-state index contributed by atoms with van der Waals surface area (Å²) in [5.74, 6) is 2.65. The normalized spacial score (nSPS) is 10.4. The lowest BCUT2D eigenvalue weighted by Crippen LogP contribution is -2.27. The molecule has 3 rings (SSSR count). The van der Waals surface area contributed by atoms with Crippen LogP contribution in [-0.2, 0) is 17.6 Å². The van der Waals surface area contributed by atoms with E-state index in [4.69, 9.17) is 18.9 Å². The molecule has 0 bridgehead atoms. The van der Waals surface area contributed by atoms with Crippen molar-refractivity contribution in [1.29, 1.82) is 0 Å². The number of hydrogen-bond acceptors (Lipinski definition) is 8. The maximum atomic E-state index is 12.3. The number of rotatable bonds is 11. The molecule has 3 aromatic rings. The molecule has 0 atom stereocenters. The largest absolute Gasteiger partial charge is 0.497 e. The average Bonchev–Trinajstić information content (AvgIpc) is 3.25. The van der Waals surface area contributed by atoms with Crippen LogP contribution in [0.15, 0.2) is 41.8 Å². The maximum absolute atomic E-state index is 12.3. The highest BCUT2D eigenvalue weighted by atomic mass is 32.1. The van der Waals surface area contributed by atoms with E-state index < -0.39 is 0 Å². The molecule has 32 heavy (non-hydrogen) atoms. The van der Waals surface area contributed by atoms with Gasteiger partial charge in [-0.2, -0.15) is 0 Å². The Morgan fingerprint density at radius 3 is 2.41 bits per heavy atom. The Bertz CT molecular complexity index is 1050. The molecule has 0 fully saturated rings. The van der Waals surface area contributed by atoms with E-state index in [1.54, 1.807) is 28.4 Å². The minimum atomic E-state index is -0.0821. The van der Waals surface area contributed by atoms with Gasteiger partial charge in [0.25, 0.3) is 0 Å². The number of hydrogen-bond donors (Lipinski definition) is 2. The summed E-state index contributed by atoms with van der Waals surface area (Å²) in [5, 5.41) is 8.69. The summed E-state index contributed by atoms with van der Waals surface area (Å²) in [6, 6.07) is 11.2. The van der Waals surface area contributed by atoms with Crippen LogP contribution in [0.2, 0.25) is 0 Å². The van der Waals surface area contributed by atoms with Gasteiger partial charge in [-0.3, -0.25) is 4.79 Å². The van der Waals surface area contributed by atoms with Crippen LogP contribution in [0, 0.1) is 0 Å². The Labute approximate surface area is 191 Å². The van der Waals surface area contributed by atoms with Gasteiger partial charge in [0.15, 0.2) is 16.6 Å². The van der Waals surface area contributed by atoms with E-state index in [1.165, 1.54) is 11.3 Å². The van der Waals surface area contributed by atoms with E-state index in [2.05, 4.69) is 15.6 Å². The van der Waals surface area contributed by atoms with Crippen molar-refractivity contribution in [3.8, 4) is 23.0 Å². The third-order valence-corrected chi connectivity index (χ3v) is 5.53. The second-order valence-electron chi connectivity index (χ2n) is 6.80. The topological polar surface area (TPSA) is 90.9 Å². The Kier molecular flexibility index (Phi) is 8.15. The van der Waals surface area contributed by atoms with Gasteiger partial charge in [-0.1, -0.05) is 6.07 Å². The van der Waals surface area contributed by atoms with Gasteiger partial charge in [-0.15, -0.1) is 11.3 Å². The molecule has 0 aliphatic heterocycles. The van der Waals surface area contributed by atoms with Crippen molar-refractivity contribution in [2.45, 2.75) is 12.8 Å². The van der Waals surface area contributed by atoms with Crippen LogP contribution in [0.25, 0.3) is 0 Å². The van der Waals surface area contributed by atoms with E-state index in [-0.39, 0.29) is 12.3 Å². The predicted octanol–water partition coefficient (Wildman–Crippen LogP) is 3.82. The van der Waals surface area contributed by atoms with Crippen LogP contribution in [0.4, 0.5) is 10.8 Å². The number of anilines is 2. The number of amides is 1. The zero-order chi connectivity index (χ0) is 22.9. The van der Waals surface area contributed by atoms with Crippen LogP contribution in [-0.4, -0.2) is 45.9 Å². The van der Waals surface area contributed by atoms with Gasteiger partial charge in [-0.05, 0) is 36.2 Å². The van der Waals surface area contributed by atoms with Gasteiger partial charge in [0.1, 0.15) is 11.5 Å². The lowest BCUT2D eigenvalue weighted by molar-refractivity contribution is -0.120. The third kappa shape index (κ3) is 6.04. The fraction of sp³-hybridized carbons (Fsp3) is 0.304. The van der Waals surface area contributed by atoms with Crippen LogP contribution in [0.5, 0.6) is 23.0 Å². The van der Waals surface area contributed by atoms with Crippen molar-refractivity contribution < 1.29 is 23.7 Å². The highest BCUT2D eigenvalue weighted by molar-refractivity contribution is 7.13. The fourth-order valence-corrected chi connectivity index (χ4v) is 3.80. The molecule has 0 saturated carbocycles. The fourth-order valence-electron chi connectivity index (χ4n) is 3.08. The smallest absolute Gasteiger partial charge is 0.226 e. The first-order valence-corrected chi connectivity index (χ1v) is 10.8. The highest BCUT2D eigenvalue weighted by Gasteiger charge is 2.11. The second-order valence-corrected chi connectivity index (χ2v) is 7.66. The monoisotopic (exact) mass is 457 g/mol. The SMILES string of the molecule is COc1ccc(OC)c(Nc2nc(CC(=O)NCCc3ccc(OC)c(OC)c3)cs2)c1. The van der Waals surface area contributed by atoms with Crippen LogP contribution >= 0.6 is 11.3 Å². The van der Waals surface area contributed by atoms with E-state index >= 15 is 0 Å². The molecule has 1 amide bonds. The number of nitrogens with one attached hydrogen (secondary N) is 2. The number of carbonyl (C=O) groups is 1. The third-order valence-electron chi connectivity index (χ3n) is 4.73. The maximum Gasteiger partial charge on any atom is 0.226 e. The lowest BCUT2D eigenvalue weighted by Gasteiger charge is -2.10. The van der Waals surface area contributed by atoms with Crippen molar-refractivity contribution in [3.05, 3.63) is 53.0 Å². The van der Waals surface area contributed by atoms with Crippen molar-refractivity contribution in [2.24, 2.45) is 0 Å². The zero-order valence-corrected chi connectivity index (χ0v) is 19.4. The van der Waals surface area contributed by atoms with Gasteiger partial charge in [0.2, 0.25) is 5.91 Å². The first kappa shape index (κ1) is 23.2. The molecule has 8 nitrogen and oxygen atoms in total. The molecular formula is C23H27N3O5S. The van der Waals surface area contributed by atoms with E-state index in [0.29, 0.717) is 46.8 Å². The van der Waals surface area contributed by atoms with Gasteiger partial charge >= 0.3 is 0 Å². The molecule has 9 heteroatoms. The van der Waals surface area contributed by atoms with E-state index in [9.17, 15) is 4.79 Å². The molecule has 1 aromatic heterocycles. The minimum absolute atomic E-state index is 0.0821. The molecule has 2 N–H and O–H groups in total. The van der Waals surface area contributed by atoms with Gasteiger partial charge in [-0.25, -0.2) is 4.98 Å². The van der Waals surface area contributed by atoms with Crippen molar-refractivity contribution in [1.82, 2.24) is 10.3 Å². The highest BCUT2D eigenvalue weighted by Crippen LogP contribution is 2.32. The van der Waals surface area contributed by atoms with Crippen molar-refractivity contribution in [2.75, 3.05) is 40.3 Å². The van der Waals surface area contributed by atoms with E-state index in [0.717, 1.165) is 11.3 Å². The number of carbonyl (C=O) groups excluding carboxylic acids is 1. The standard InChI is InChI=1S/C23H27N3O5S/c1-28-17-6-8-19(29-2)18(13-17)26-23-25-16(14-32-23)12-22(27)24-10-9-15-5-7-20(30-3)21(11-15)31-4/h5-8,11,13-14H,9-10,12H2,1-4H3,(H,24,27)(H,25,26). The molecule has 0 radical (unpaired) electrons. The summed E-state index contributed by atoms with van der Waals surface area (Å²) in [6.07, 6.45) is 0.894. The number of benzene rings is 2. The summed E-state index contributed by atoms with van der Waals surface area (Å²) in [6.45, 7) is 0.518. The van der Waals surface area contributed by atoms with Gasteiger partial charge in [0.05, 0.1) is 46.2 Å². The number of ether oxygens (including phenoxy) is 4. The van der Waals surface area contributed by atoms with Gasteiger partial charge in [0, 0.05) is 18.0 Å². The molecule has 0 spiro atoms. The zero-order valence-electron chi connectivity index (χ0n) is 18.6. The quantitative estimate of drug-likeness (QED) is 0.452. The Balaban J connectivity index is 1.52. The summed E-state index contributed by atoms with van der Waals surface area (Å²) < 4.78 is 21.2. The summed E-state index contributed by atoms with van der Waals surface area (Å²) >= 11 is 1.42. The first-order valence-electron chi connectivity index (χ1n) is 9.97. The molecule has 0 saturated heterocycles. The number of methoxy groups -OCH3 is 4. The number of thiazole rings is 1.